The standard InChI is InChI=1S/C18H28N4O3.ClH/c1-12(2)10-20-18(24)22-8-4-5-13(11-22)17(23)21-16-9-14(25-3)6-7-15(16)19;/h6-7,9,12-13H,4-5,8,10-11,19H2,1-3H3,(H,20,24)(H,21,23);1H. The van der Waals surface area contributed by atoms with Crippen molar-refractivity contribution in [3.05, 3.63) is 18.2 Å². The number of nitrogens with one attached hydrogen (secondary N) is 2. The van der Waals surface area contributed by atoms with Crippen LogP contribution >= 0.6 is 12.4 Å². The summed E-state index contributed by atoms with van der Waals surface area (Å²) >= 11 is 0. The minimum atomic E-state index is -0.246. The second-order valence-electron chi connectivity index (χ2n) is 6.81. The van der Waals surface area contributed by atoms with Gasteiger partial charge in [-0.25, -0.2) is 4.79 Å². The van der Waals surface area contributed by atoms with E-state index in [0.717, 1.165) is 12.8 Å². The summed E-state index contributed by atoms with van der Waals surface area (Å²) in [5, 5.41) is 5.77. The summed E-state index contributed by atoms with van der Waals surface area (Å²) < 4.78 is 5.16. The molecule has 8 heteroatoms. The van der Waals surface area contributed by atoms with Gasteiger partial charge >= 0.3 is 6.03 Å². The van der Waals surface area contributed by atoms with Crippen molar-refractivity contribution in [3.8, 4) is 5.75 Å². The van der Waals surface area contributed by atoms with Crippen LogP contribution in [0.4, 0.5) is 16.2 Å². The molecule has 0 spiro atoms. The van der Waals surface area contributed by atoms with Gasteiger partial charge in [-0.15, -0.1) is 12.4 Å². The van der Waals surface area contributed by atoms with E-state index >= 15 is 0 Å². The fourth-order valence-electron chi connectivity index (χ4n) is 2.78. The number of likely N-dealkylation sites (tertiary alicyclic amines) is 1. The highest BCUT2D eigenvalue weighted by Gasteiger charge is 2.28. The van der Waals surface area contributed by atoms with E-state index in [1.54, 1.807) is 30.2 Å². The van der Waals surface area contributed by atoms with E-state index in [2.05, 4.69) is 10.6 Å². The molecule has 1 aromatic carbocycles. The summed E-state index contributed by atoms with van der Waals surface area (Å²) in [7, 11) is 1.56. The van der Waals surface area contributed by atoms with Gasteiger partial charge in [-0.2, -0.15) is 0 Å². The number of urea groups is 1. The molecule has 26 heavy (non-hydrogen) atoms. The molecule has 3 amide bonds. The van der Waals surface area contributed by atoms with E-state index in [1.807, 2.05) is 13.8 Å². The van der Waals surface area contributed by atoms with Gasteiger partial charge in [0, 0.05) is 25.7 Å². The van der Waals surface area contributed by atoms with E-state index in [0.29, 0.717) is 42.7 Å². The fraction of sp³-hybridized carbons (Fsp3) is 0.556. The zero-order valence-electron chi connectivity index (χ0n) is 15.6. The van der Waals surface area contributed by atoms with Gasteiger partial charge in [0.2, 0.25) is 5.91 Å². The molecule has 1 heterocycles. The summed E-state index contributed by atoms with van der Waals surface area (Å²) in [5.74, 6) is 0.650. The van der Waals surface area contributed by atoms with Crippen LogP contribution in [-0.4, -0.2) is 43.6 Å². The van der Waals surface area contributed by atoms with Crippen molar-refractivity contribution in [2.45, 2.75) is 26.7 Å². The molecule has 4 N–H and O–H groups in total. The topological polar surface area (TPSA) is 96.7 Å². The number of carbonyl (C=O) groups is 2. The maximum absolute atomic E-state index is 12.6. The molecule has 1 aliphatic heterocycles. The zero-order chi connectivity index (χ0) is 18.4. The Hall–Kier alpha value is -2.15. The molecule has 1 fully saturated rings. The third-order valence-electron chi connectivity index (χ3n) is 4.26. The molecule has 1 saturated heterocycles. The van der Waals surface area contributed by atoms with Crippen LogP contribution in [0.3, 0.4) is 0 Å². The van der Waals surface area contributed by atoms with Gasteiger partial charge < -0.3 is 26.0 Å². The molecule has 1 aliphatic rings. The summed E-state index contributed by atoms with van der Waals surface area (Å²) in [5.41, 5.74) is 6.94. The van der Waals surface area contributed by atoms with Crippen LogP contribution in [0.5, 0.6) is 5.75 Å². The molecule has 1 unspecified atom stereocenters. The highest BCUT2D eigenvalue weighted by atomic mass is 35.5. The Bertz CT molecular complexity index is 624. The Morgan fingerprint density at radius 3 is 2.77 bits per heavy atom. The number of anilines is 2. The minimum Gasteiger partial charge on any atom is -0.497 e. The molecule has 146 valence electrons. The van der Waals surface area contributed by atoms with Crippen molar-refractivity contribution in [1.29, 1.82) is 0 Å². The summed E-state index contributed by atoms with van der Waals surface area (Å²) in [6.45, 7) is 5.82. The Labute approximate surface area is 161 Å². The first-order chi connectivity index (χ1) is 11.9. The molecule has 0 aromatic heterocycles. The smallest absolute Gasteiger partial charge is 0.317 e. The van der Waals surface area contributed by atoms with Crippen molar-refractivity contribution in [2.75, 3.05) is 37.8 Å². The minimum absolute atomic E-state index is 0. The molecule has 7 nitrogen and oxygen atoms in total. The van der Waals surface area contributed by atoms with Crippen LogP contribution < -0.4 is 21.1 Å². The molecule has 2 rings (SSSR count). The number of halogens is 1. The van der Waals surface area contributed by atoms with E-state index in [-0.39, 0.29) is 30.3 Å². The third-order valence-corrected chi connectivity index (χ3v) is 4.26. The number of rotatable bonds is 5. The third kappa shape index (κ3) is 5.98. The van der Waals surface area contributed by atoms with Crippen molar-refractivity contribution in [2.24, 2.45) is 11.8 Å². The van der Waals surface area contributed by atoms with E-state index in [9.17, 15) is 9.59 Å². The van der Waals surface area contributed by atoms with Crippen LogP contribution in [0.1, 0.15) is 26.7 Å². The van der Waals surface area contributed by atoms with E-state index in [4.69, 9.17) is 10.5 Å². The molecule has 1 atom stereocenters. The maximum atomic E-state index is 12.6. The molecular weight excluding hydrogens is 356 g/mol. The van der Waals surface area contributed by atoms with E-state index < -0.39 is 0 Å². The van der Waals surface area contributed by atoms with Gasteiger partial charge in [0.15, 0.2) is 0 Å². The molecular formula is C18H29ClN4O3. The molecule has 0 saturated carbocycles. The van der Waals surface area contributed by atoms with Gasteiger partial charge in [-0.05, 0) is 30.9 Å². The predicted octanol–water partition coefficient (Wildman–Crippen LogP) is 2.72. The zero-order valence-corrected chi connectivity index (χ0v) is 16.4. The quantitative estimate of drug-likeness (QED) is 0.680. The Balaban J connectivity index is 0.00000338. The fourth-order valence-corrected chi connectivity index (χ4v) is 2.78. The lowest BCUT2D eigenvalue weighted by molar-refractivity contribution is -0.121. The highest BCUT2D eigenvalue weighted by Crippen LogP contribution is 2.26. The molecule has 0 radical (unpaired) electrons. The van der Waals surface area contributed by atoms with Gasteiger partial charge in [-0.3, -0.25) is 4.79 Å². The van der Waals surface area contributed by atoms with Gasteiger partial charge in [0.05, 0.1) is 24.4 Å². The first-order valence-electron chi connectivity index (χ1n) is 8.68. The van der Waals surface area contributed by atoms with Crippen molar-refractivity contribution in [1.82, 2.24) is 10.2 Å². The van der Waals surface area contributed by atoms with Crippen molar-refractivity contribution < 1.29 is 14.3 Å². The predicted molar refractivity (Wildman–Crippen MR) is 106 cm³/mol. The second kappa shape index (κ2) is 10.1. The van der Waals surface area contributed by atoms with Crippen LogP contribution in [0.2, 0.25) is 0 Å². The number of hydrogen-bond acceptors (Lipinski definition) is 4. The average molecular weight is 385 g/mol. The monoisotopic (exact) mass is 384 g/mol. The van der Waals surface area contributed by atoms with Crippen molar-refractivity contribution >= 4 is 35.7 Å². The van der Waals surface area contributed by atoms with E-state index in [1.165, 1.54) is 0 Å². The first kappa shape index (κ1) is 21.9. The summed E-state index contributed by atoms with van der Waals surface area (Å²) in [6.07, 6.45) is 1.56. The second-order valence-corrected chi connectivity index (χ2v) is 6.81. The summed E-state index contributed by atoms with van der Waals surface area (Å²) in [6, 6.07) is 5.03. The number of nitrogens with zero attached hydrogens (tertiary/aromatic N) is 1. The van der Waals surface area contributed by atoms with Crippen LogP contribution in [-0.2, 0) is 4.79 Å². The molecule has 0 aliphatic carbocycles. The normalized spacial score (nSPS) is 16.6. The Morgan fingerprint density at radius 1 is 1.38 bits per heavy atom. The first-order valence-corrected chi connectivity index (χ1v) is 8.68. The number of methoxy groups -OCH3 is 1. The largest absolute Gasteiger partial charge is 0.497 e. The van der Waals surface area contributed by atoms with Gasteiger partial charge in [0.1, 0.15) is 5.75 Å². The van der Waals surface area contributed by atoms with Crippen LogP contribution in [0, 0.1) is 11.8 Å². The number of carbonyl (C=O) groups excluding carboxylic acids is 2. The lowest BCUT2D eigenvalue weighted by Crippen LogP contribution is -2.48. The van der Waals surface area contributed by atoms with Crippen LogP contribution in [0.25, 0.3) is 0 Å². The number of amides is 3. The number of nitrogens with two attached hydrogens (primary N) is 1. The number of benzene rings is 1. The van der Waals surface area contributed by atoms with Gasteiger partial charge in [0.25, 0.3) is 0 Å². The summed E-state index contributed by atoms with van der Waals surface area (Å²) in [4.78, 5) is 26.5. The van der Waals surface area contributed by atoms with Crippen LogP contribution in [0.15, 0.2) is 18.2 Å². The number of ether oxygens (including phenoxy) is 1. The SMILES string of the molecule is COc1ccc(N)c(NC(=O)C2CCCN(C(=O)NCC(C)C)C2)c1.Cl. The average Bonchev–Trinajstić information content (AvgIpc) is 2.61. The number of piperidine rings is 1. The lowest BCUT2D eigenvalue weighted by atomic mass is 9.97. The highest BCUT2D eigenvalue weighted by molar-refractivity contribution is 5.96. The number of hydrogen-bond donors (Lipinski definition) is 3. The number of nitrogen functional groups attached to an aromatic ring is 1. The van der Waals surface area contributed by atoms with Gasteiger partial charge in [-0.1, -0.05) is 13.8 Å². The maximum Gasteiger partial charge on any atom is 0.317 e. The van der Waals surface area contributed by atoms with Crippen molar-refractivity contribution in [3.63, 3.8) is 0 Å². The Kier molecular flexibility index (Phi) is 8.51. The molecule has 0 bridgehead atoms. The lowest BCUT2D eigenvalue weighted by Gasteiger charge is -2.32. The molecule has 1 aromatic rings. The Morgan fingerprint density at radius 2 is 2.12 bits per heavy atom.